The molecule has 0 atom stereocenters. The lowest BCUT2D eigenvalue weighted by Crippen LogP contribution is -2.20. The van der Waals surface area contributed by atoms with Crippen LogP contribution in [0.15, 0.2) is 18.2 Å². The van der Waals surface area contributed by atoms with E-state index in [0.29, 0.717) is 0 Å². The molecule has 17 heavy (non-hydrogen) atoms. The second-order valence-corrected chi connectivity index (χ2v) is 2.99. The van der Waals surface area contributed by atoms with Crippen molar-refractivity contribution in [1.29, 1.82) is 0 Å². The average molecular weight is 249 g/mol. The van der Waals surface area contributed by atoms with E-state index in [0.717, 1.165) is 6.07 Å². The first kappa shape index (κ1) is 13.1. The van der Waals surface area contributed by atoms with Gasteiger partial charge < -0.3 is 15.2 Å². The molecule has 0 aromatic heterocycles. The summed E-state index contributed by atoms with van der Waals surface area (Å²) in [7, 11) is 0. The lowest BCUT2D eigenvalue weighted by molar-refractivity contribution is -0.274. The number of esters is 1. The minimum absolute atomic E-state index is 0.0264. The Balaban J connectivity index is 3.13. The Morgan fingerprint density at radius 2 is 2.06 bits per heavy atom. The van der Waals surface area contributed by atoms with Gasteiger partial charge in [-0.1, -0.05) is 6.07 Å². The zero-order chi connectivity index (χ0) is 13.1. The maximum Gasteiger partial charge on any atom is 0.573 e. The van der Waals surface area contributed by atoms with Crippen LogP contribution in [-0.2, 0) is 4.74 Å². The quantitative estimate of drug-likeness (QED) is 0.659. The van der Waals surface area contributed by atoms with Gasteiger partial charge in [0.1, 0.15) is 11.3 Å². The number of nitrogen functional groups attached to an aromatic ring is 1. The number of benzene rings is 1. The molecule has 1 aromatic rings. The molecular formula is C10H10F3NO3. The highest BCUT2D eigenvalue weighted by Gasteiger charge is 2.33. The summed E-state index contributed by atoms with van der Waals surface area (Å²) < 4.78 is 44.6. The molecule has 2 N–H and O–H groups in total. The van der Waals surface area contributed by atoms with Crippen LogP contribution >= 0.6 is 0 Å². The molecule has 0 radical (unpaired) electrons. The molecule has 0 fully saturated rings. The molecule has 0 bridgehead atoms. The summed E-state index contributed by atoms with van der Waals surface area (Å²) in [4.78, 5) is 11.4. The van der Waals surface area contributed by atoms with Crippen LogP contribution in [0, 0.1) is 0 Å². The molecule has 0 aliphatic rings. The summed E-state index contributed by atoms with van der Waals surface area (Å²) in [5.41, 5.74) is 4.86. The van der Waals surface area contributed by atoms with Gasteiger partial charge in [-0.15, -0.1) is 13.2 Å². The van der Waals surface area contributed by atoms with E-state index in [4.69, 9.17) is 5.73 Å². The van der Waals surface area contributed by atoms with Crippen LogP contribution in [0.2, 0.25) is 0 Å². The largest absolute Gasteiger partial charge is 0.573 e. The fourth-order valence-corrected chi connectivity index (χ4v) is 1.18. The monoisotopic (exact) mass is 249 g/mol. The second kappa shape index (κ2) is 4.94. The first-order valence-corrected chi connectivity index (χ1v) is 4.66. The Labute approximate surface area is 95.1 Å². The second-order valence-electron chi connectivity index (χ2n) is 2.99. The molecule has 0 saturated carbocycles. The van der Waals surface area contributed by atoms with Gasteiger partial charge in [-0.05, 0) is 19.1 Å². The highest BCUT2D eigenvalue weighted by Crippen LogP contribution is 2.30. The van der Waals surface area contributed by atoms with E-state index in [2.05, 4.69) is 9.47 Å². The van der Waals surface area contributed by atoms with E-state index in [1.165, 1.54) is 19.1 Å². The lowest BCUT2D eigenvalue weighted by atomic mass is 10.1. The number of carbonyl (C=O) groups is 1. The van der Waals surface area contributed by atoms with Crippen molar-refractivity contribution in [2.75, 3.05) is 12.3 Å². The predicted octanol–water partition coefficient (Wildman–Crippen LogP) is 2.34. The Bertz CT molecular complexity index is 418. The fourth-order valence-electron chi connectivity index (χ4n) is 1.18. The van der Waals surface area contributed by atoms with E-state index in [-0.39, 0.29) is 12.3 Å². The van der Waals surface area contributed by atoms with Gasteiger partial charge in [0.2, 0.25) is 0 Å². The zero-order valence-corrected chi connectivity index (χ0v) is 8.88. The molecule has 1 rings (SSSR count). The molecule has 0 heterocycles. The number of rotatable bonds is 3. The Hall–Kier alpha value is -1.92. The fraction of sp³-hybridized carbons (Fsp3) is 0.300. The number of nitrogens with two attached hydrogens (primary N) is 1. The van der Waals surface area contributed by atoms with Gasteiger partial charge in [0.25, 0.3) is 0 Å². The Morgan fingerprint density at radius 3 is 2.59 bits per heavy atom. The molecule has 4 nitrogen and oxygen atoms in total. The minimum Gasteiger partial charge on any atom is -0.462 e. The van der Waals surface area contributed by atoms with Crippen molar-refractivity contribution in [2.45, 2.75) is 13.3 Å². The number of halogens is 3. The molecule has 0 saturated heterocycles. The minimum atomic E-state index is -4.89. The smallest absolute Gasteiger partial charge is 0.462 e. The van der Waals surface area contributed by atoms with Crippen molar-refractivity contribution in [2.24, 2.45) is 0 Å². The predicted molar refractivity (Wildman–Crippen MR) is 53.5 cm³/mol. The topological polar surface area (TPSA) is 61.5 Å². The van der Waals surface area contributed by atoms with Crippen molar-refractivity contribution in [3.63, 3.8) is 0 Å². The number of ether oxygens (including phenoxy) is 2. The maximum absolute atomic E-state index is 12.1. The summed E-state index contributed by atoms with van der Waals surface area (Å²) in [6.07, 6.45) is -4.89. The third-order valence-corrected chi connectivity index (χ3v) is 1.76. The number of carbonyl (C=O) groups excluding carboxylic acids is 1. The molecule has 0 aliphatic heterocycles. The molecule has 0 unspecified atom stereocenters. The Morgan fingerprint density at radius 1 is 1.41 bits per heavy atom. The van der Waals surface area contributed by atoms with E-state index in [1.807, 2.05) is 0 Å². The summed E-state index contributed by atoms with van der Waals surface area (Å²) in [5, 5.41) is 0. The van der Waals surface area contributed by atoms with Crippen LogP contribution in [0.25, 0.3) is 0 Å². The first-order chi connectivity index (χ1) is 7.85. The Kier molecular flexibility index (Phi) is 3.82. The van der Waals surface area contributed by atoms with Crippen LogP contribution in [0.1, 0.15) is 17.3 Å². The normalized spacial score (nSPS) is 11.1. The van der Waals surface area contributed by atoms with E-state index >= 15 is 0 Å². The molecule has 7 heteroatoms. The third kappa shape index (κ3) is 3.54. The van der Waals surface area contributed by atoms with Crippen molar-refractivity contribution in [3.8, 4) is 5.75 Å². The van der Waals surface area contributed by atoms with Gasteiger partial charge in [-0.3, -0.25) is 0 Å². The molecule has 0 aliphatic carbocycles. The van der Waals surface area contributed by atoms with E-state index in [9.17, 15) is 18.0 Å². The zero-order valence-electron chi connectivity index (χ0n) is 8.88. The number of hydrogen-bond acceptors (Lipinski definition) is 4. The molecule has 0 spiro atoms. The molecule has 94 valence electrons. The van der Waals surface area contributed by atoms with Crippen LogP contribution in [0.5, 0.6) is 5.75 Å². The van der Waals surface area contributed by atoms with E-state index in [1.54, 1.807) is 0 Å². The highest BCUT2D eigenvalue weighted by molar-refractivity contribution is 5.98. The molecule has 1 aromatic carbocycles. The van der Waals surface area contributed by atoms with Gasteiger partial charge in [0, 0.05) is 5.69 Å². The summed E-state index contributed by atoms with van der Waals surface area (Å²) >= 11 is 0. The van der Waals surface area contributed by atoms with Gasteiger partial charge in [-0.2, -0.15) is 0 Å². The van der Waals surface area contributed by atoms with Gasteiger partial charge in [-0.25, -0.2) is 4.79 Å². The van der Waals surface area contributed by atoms with Crippen LogP contribution in [0.3, 0.4) is 0 Å². The number of hydrogen-bond donors (Lipinski definition) is 1. The van der Waals surface area contributed by atoms with Crippen LogP contribution in [0.4, 0.5) is 18.9 Å². The van der Waals surface area contributed by atoms with Gasteiger partial charge in [0.15, 0.2) is 0 Å². The van der Waals surface area contributed by atoms with Crippen LogP contribution in [-0.4, -0.2) is 18.9 Å². The summed E-state index contributed by atoms with van der Waals surface area (Å²) in [6.45, 7) is 1.56. The number of anilines is 1. The standard InChI is InChI=1S/C10H10F3NO3/c1-2-16-9(15)8-6(14)4-3-5-7(8)17-10(11,12)13/h3-5H,2,14H2,1H3. The first-order valence-electron chi connectivity index (χ1n) is 4.66. The van der Waals surface area contributed by atoms with Crippen molar-refractivity contribution < 1.29 is 27.4 Å². The van der Waals surface area contributed by atoms with Crippen molar-refractivity contribution >= 4 is 11.7 Å². The lowest BCUT2D eigenvalue weighted by Gasteiger charge is -2.13. The van der Waals surface area contributed by atoms with Crippen molar-refractivity contribution in [3.05, 3.63) is 23.8 Å². The summed E-state index contributed by atoms with van der Waals surface area (Å²) in [6, 6.07) is 3.53. The maximum atomic E-state index is 12.1. The van der Waals surface area contributed by atoms with Crippen LogP contribution < -0.4 is 10.5 Å². The third-order valence-electron chi connectivity index (χ3n) is 1.76. The van der Waals surface area contributed by atoms with Crippen molar-refractivity contribution in [1.82, 2.24) is 0 Å². The summed E-state index contributed by atoms with van der Waals surface area (Å²) in [5.74, 6) is -1.62. The molecular weight excluding hydrogens is 239 g/mol. The average Bonchev–Trinajstić information content (AvgIpc) is 2.15. The van der Waals surface area contributed by atoms with Gasteiger partial charge >= 0.3 is 12.3 Å². The SMILES string of the molecule is CCOC(=O)c1c(N)cccc1OC(F)(F)F. The molecule has 0 amide bonds. The number of alkyl halides is 3. The van der Waals surface area contributed by atoms with Gasteiger partial charge in [0.05, 0.1) is 6.61 Å². The van der Waals surface area contributed by atoms with E-state index < -0.39 is 23.6 Å². The highest BCUT2D eigenvalue weighted by atomic mass is 19.4.